The second kappa shape index (κ2) is 13.7. The zero-order valence-corrected chi connectivity index (χ0v) is 20.8. The summed E-state index contributed by atoms with van der Waals surface area (Å²) in [5.41, 5.74) is 0.907. The molecule has 3 rings (SSSR count). The smallest absolute Gasteiger partial charge is 0.333 e. The molecule has 2 aromatic carbocycles. The number of methoxy groups -OCH3 is 3. The average Bonchev–Trinajstić information content (AvgIpc) is 3.37. The molecule has 1 heterocycles. The first-order chi connectivity index (χ1) is 17.6. The number of benzene rings is 2. The van der Waals surface area contributed by atoms with E-state index in [9.17, 15) is 9.59 Å². The van der Waals surface area contributed by atoms with Crippen LogP contribution in [0.5, 0.6) is 17.2 Å². The molecular weight excluding hydrogens is 464 g/mol. The van der Waals surface area contributed by atoms with Crippen LogP contribution in [-0.4, -0.2) is 53.9 Å². The number of para-hydroxylation sites is 1. The summed E-state index contributed by atoms with van der Waals surface area (Å²) in [5.74, 6) is 1.40. The molecule has 11 nitrogen and oxygen atoms in total. The number of tetrazole rings is 1. The topological polar surface area (TPSA) is 121 Å². The Balaban J connectivity index is 1.78. The number of hydrogen-bond acceptors (Lipinski definition) is 8. The van der Waals surface area contributed by atoms with Crippen molar-refractivity contribution in [1.29, 1.82) is 0 Å². The van der Waals surface area contributed by atoms with Crippen molar-refractivity contribution in [3.63, 3.8) is 0 Å². The van der Waals surface area contributed by atoms with Crippen molar-refractivity contribution in [2.45, 2.75) is 45.1 Å². The number of aromatic nitrogens is 4. The maximum atomic E-state index is 13.5. The summed E-state index contributed by atoms with van der Waals surface area (Å²) >= 11 is 0. The first-order valence-corrected chi connectivity index (χ1v) is 11.8. The Kier molecular flexibility index (Phi) is 10.0. The van der Waals surface area contributed by atoms with Gasteiger partial charge in [0.25, 0.3) is 5.95 Å². The minimum Gasteiger partial charge on any atom is -0.496 e. The quantitative estimate of drug-likeness (QED) is 0.254. The van der Waals surface area contributed by atoms with Crippen LogP contribution in [0, 0.1) is 0 Å². The standard InChI is InChI=1S/C25H32N6O5/c1-34-20-17-21(35-2)23(22(18-20)36-3)26-25(33)31(19-13-9-8-10-14-19)24-27-29-30(28-24)15-11-6-4-5-7-12-16-32/h8-10,13-14,16-18H,4-7,11-12,15H2,1-3H3,(H,26,33). The largest absolute Gasteiger partial charge is 0.496 e. The Morgan fingerprint density at radius 3 is 2.28 bits per heavy atom. The van der Waals surface area contributed by atoms with E-state index >= 15 is 0 Å². The number of hydrogen-bond donors (Lipinski definition) is 1. The Labute approximate surface area is 210 Å². The summed E-state index contributed by atoms with van der Waals surface area (Å²) in [7, 11) is 4.52. The average molecular weight is 497 g/mol. The first kappa shape index (κ1) is 26.5. The second-order valence-corrected chi connectivity index (χ2v) is 7.92. The lowest BCUT2D eigenvalue weighted by atomic mass is 10.1. The lowest BCUT2D eigenvalue weighted by Crippen LogP contribution is -2.32. The van der Waals surface area contributed by atoms with Crippen LogP contribution in [0.15, 0.2) is 42.5 Å². The molecule has 0 unspecified atom stereocenters. The summed E-state index contributed by atoms with van der Waals surface area (Å²) in [6.45, 7) is 0.574. The van der Waals surface area contributed by atoms with Crippen LogP contribution in [0.25, 0.3) is 0 Å². The zero-order valence-electron chi connectivity index (χ0n) is 20.8. The van der Waals surface area contributed by atoms with Crippen molar-refractivity contribution in [3.05, 3.63) is 42.5 Å². The molecule has 3 aromatic rings. The minimum absolute atomic E-state index is 0.135. The molecule has 0 aliphatic carbocycles. The molecule has 0 aliphatic heterocycles. The molecule has 1 aromatic heterocycles. The second-order valence-electron chi connectivity index (χ2n) is 7.92. The lowest BCUT2D eigenvalue weighted by molar-refractivity contribution is -0.107. The van der Waals surface area contributed by atoms with Crippen LogP contribution in [0.2, 0.25) is 0 Å². The third-order valence-corrected chi connectivity index (χ3v) is 5.49. The number of nitrogens with zero attached hydrogens (tertiary/aromatic N) is 5. The van der Waals surface area contributed by atoms with Crippen LogP contribution < -0.4 is 24.4 Å². The van der Waals surface area contributed by atoms with Crippen LogP contribution >= 0.6 is 0 Å². The van der Waals surface area contributed by atoms with Gasteiger partial charge in [0.05, 0.1) is 33.6 Å². The molecule has 0 atom stereocenters. The number of amides is 2. The number of rotatable bonds is 14. The number of carbonyl (C=O) groups is 2. The van der Waals surface area contributed by atoms with Crippen LogP contribution in [0.1, 0.15) is 38.5 Å². The van der Waals surface area contributed by atoms with E-state index in [4.69, 9.17) is 14.2 Å². The molecule has 0 aliphatic rings. The third kappa shape index (κ3) is 6.94. The Morgan fingerprint density at radius 1 is 0.972 bits per heavy atom. The molecule has 0 radical (unpaired) electrons. The van der Waals surface area contributed by atoms with E-state index in [2.05, 4.69) is 20.7 Å². The van der Waals surface area contributed by atoms with Gasteiger partial charge in [-0.05, 0) is 30.2 Å². The van der Waals surface area contributed by atoms with Gasteiger partial charge in [-0.2, -0.15) is 4.80 Å². The highest BCUT2D eigenvalue weighted by molar-refractivity contribution is 6.07. The highest BCUT2D eigenvalue weighted by Crippen LogP contribution is 2.39. The summed E-state index contributed by atoms with van der Waals surface area (Å²) in [5, 5.41) is 15.6. The van der Waals surface area contributed by atoms with Gasteiger partial charge < -0.3 is 24.3 Å². The number of aryl methyl sites for hydroxylation is 1. The van der Waals surface area contributed by atoms with Crippen molar-refractivity contribution in [2.24, 2.45) is 0 Å². The Hall–Kier alpha value is -4.15. The first-order valence-electron chi connectivity index (χ1n) is 11.8. The maximum absolute atomic E-state index is 13.5. The van der Waals surface area contributed by atoms with E-state index in [0.29, 0.717) is 41.6 Å². The fraction of sp³-hybridized carbons (Fsp3) is 0.400. The number of carbonyl (C=O) groups excluding carboxylic acids is 2. The Morgan fingerprint density at radius 2 is 1.64 bits per heavy atom. The van der Waals surface area contributed by atoms with Crippen molar-refractivity contribution in [2.75, 3.05) is 31.5 Å². The van der Waals surface area contributed by atoms with Gasteiger partial charge in [0.15, 0.2) is 0 Å². The molecule has 0 spiro atoms. The fourth-order valence-corrected chi connectivity index (χ4v) is 3.62. The predicted molar refractivity (Wildman–Crippen MR) is 135 cm³/mol. The van der Waals surface area contributed by atoms with Gasteiger partial charge in [-0.1, -0.05) is 42.6 Å². The number of ether oxygens (including phenoxy) is 3. The maximum Gasteiger partial charge on any atom is 0.333 e. The van der Waals surface area contributed by atoms with E-state index in [1.54, 1.807) is 24.3 Å². The molecule has 192 valence electrons. The zero-order chi connectivity index (χ0) is 25.8. The van der Waals surface area contributed by atoms with E-state index < -0.39 is 6.03 Å². The molecule has 1 N–H and O–H groups in total. The highest BCUT2D eigenvalue weighted by atomic mass is 16.5. The molecule has 0 fully saturated rings. The van der Waals surface area contributed by atoms with Crippen LogP contribution in [-0.2, 0) is 11.3 Å². The van der Waals surface area contributed by atoms with Crippen molar-refractivity contribution < 1.29 is 23.8 Å². The number of urea groups is 1. The minimum atomic E-state index is -0.516. The molecule has 0 saturated heterocycles. The van der Waals surface area contributed by atoms with E-state index in [1.165, 1.54) is 31.0 Å². The van der Waals surface area contributed by atoms with Gasteiger partial charge in [-0.3, -0.25) is 0 Å². The normalized spacial score (nSPS) is 10.5. The van der Waals surface area contributed by atoms with Gasteiger partial charge >= 0.3 is 6.03 Å². The number of unbranched alkanes of at least 4 members (excludes halogenated alkanes) is 5. The summed E-state index contributed by atoms with van der Waals surface area (Å²) in [6, 6.07) is 11.8. The van der Waals surface area contributed by atoms with Crippen molar-refractivity contribution in [3.8, 4) is 17.2 Å². The van der Waals surface area contributed by atoms with Gasteiger partial charge in [0.1, 0.15) is 29.2 Å². The Bertz CT molecular complexity index is 1100. The van der Waals surface area contributed by atoms with Gasteiger partial charge in [0, 0.05) is 18.6 Å². The van der Waals surface area contributed by atoms with E-state index in [-0.39, 0.29) is 5.95 Å². The number of nitrogens with one attached hydrogen (secondary N) is 1. The van der Waals surface area contributed by atoms with E-state index in [1.807, 2.05) is 18.2 Å². The fourth-order valence-electron chi connectivity index (χ4n) is 3.62. The van der Waals surface area contributed by atoms with Gasteiger partial charge in [0.2, 0.25) is 0 Å². The predicted octanol–water partition coefficient (Wildman–Crippen LogP) is 4.61. The molecule has 36 heavy (non-hydrogen) atoms. The SMILES string of the molecule is COc1cc(OC)c(NC(=O)N(c2ccccc2)c2nnn(CCCCCCCC=O)n2)c(OC)c1. The molecule has 2 amide bonds. The summed E-state index contributed by atoms with van der Waals surface area (Å²) in [4.78, 5) is 26.8. The number of anilines is 3. The van der Waals surface area contributed by atoms with E-state index in [0.717, 1.165) is 38.4 Å². The lowest BCUT2D eigenvalue weighted by Gasteiger charge is -2.21. The van der Waals surface area contributed by atoms with Crippen molar-refractivity contribution >= 4 is 29.6 Å². The third-order valence-electron chi connectivity index (χ3n) is 5.49. The van der Waals surface area contributed by atoms with Gasteiger partial charge in [-0.25, -0.2) is 9.69 Å². The monoisotopic (exact) mass is 496 g/mol. The summed E-state index contributed by atoms with van der Waals surface area (Å²) in [6.07, 6.45) is 6.41. The number of aldehydes is 1. The molecular formula is C25H32N6O5. The van der Waals surface area contributed by atoms with Crippen LogP contribution in [0.3, 0.4) is 0 Å². The highest BCUT2D eigenvalue weighted by Gasteiger charge is 2.25. The molecule has 0 bridgehead atoms. The van der Waals surface area contributed by atoms with Gasteiger partial charge in [-0.15, -0.1) is 5.10 Å². The van der Waals surface area contributed by atoms with Crippen molar-refractivity contribution in [1.82, 2.24) is 20.2 Å². The van der Waals surface area contributed by atoms with Crippen LogP contribution in [0.4, 0.5) is 22.1 Å². The summed E-state index contributed by atoms with van der Waals surface area (Å²) < 4.78 is 16.2. The molecule has 0 saturated carbocycles. The molecule has 11 heteroatoms.